The lowest BCUT2D eigenvalue weighted by Crippen LogP contribution is -2.23. The van der Waals surface area contributed by atoms with E-state index in [0.29, 0.717) is 29.4 Å². The Morgan fingerprint density at radius 2 is 1.72 bits per heavy atom. The fraction of sp³-hybridized carbons (Fsp3) is 0.0870. The van der Waals surface area contributed by atoms with Gasteiger partial charge in [0.1, 0.15) is 5.69 Å². The number of benzene rings is 2. The summed E-state index contributed by atoms with van der Waals surface area (Å²) in [4.78, 5) is 17.0. The van der Waals surface area contributed by atoms with Gasteiger partial charge in [-0.3, -0.25) is 14.5 Å². The SMILES string of the molecule is O=C(NCc1cccnc1)c1cn(Cc2ccccc2)nc1-c1ccc(Cl)cc1. The second kappa shape index (κ2) is 8.71. The maximum atomic E-state index is 12.9. The third kappa shape index (κ3) is 4.70. The number of pyridine rings is 1. The Balaban J connectivity index is 1.62. The first-order chi connectivity index (χ1) is 14.2. The second-order valence-electron chi connectivity index (χ2n) is 6.63. The highest BCUT2D eigenvalue weighted by atomic mass is 35.5. The number of hydrogen-bond donors (Lipinski definition) is 1. The molecule has 0 aliphatic rings. The highest BCUT2D eigenvalue weighted by molar-refractivity contribution is 6.30. The number of nitrogens with one attached hydrogen (secondary N) is 1. The smallest absolute Gasteiger partial charge is 0.255 e. The minimum Gasteiger partial charge on any atom is -0.348 e. The lowest BCUT2D eigenvalue weighted by atomic mass is 10.1. The maximum Gasteiger partial charge on any atom is 0.255 e. The molecule has 4 aromatic rings. The molecule has 0 saturated carbocycles. The van der Waals surface area contributed by atoms with Crippen LogP contribution in [0.3, 0.4) is 0 Å². The van der Waals surface area contributed by atoms with Crippen LogP contribution >= 0.6 is 11.6 Å². The summed E-state index contributed by atoms with van der Waals surface area (Å²) >= 11 is 6.02. The first-order valence-electron chi connectivity index (χ1n) is 9.23. The van der Waals surface area contributed by atoms with Crippen molar-refractivity contribution in [2.24, 2.45) is 0 Å². The van der Waals surface area contributed by atoms with Crippen molar-refractivity contribution in [3.05, 3.63) is 107 Å². The highest BCUT2D eigenvalue weighted by Gasteiger charge is 2.18. The average molecular weight is 403 g/mol. The third-order valence-electron chi connectivity index (χ3n) is 4.49. The highest BCUT2D eigenvalue weighted by Crippen LogP contribution is 2.24. The zero-order valence-electron chi connectivity index (χ0n) is 15.6. The molecule has 29 heavy (non-hydrogen) atoms. The van der Waals surface area contributed by atoms with Crippen LogP contribution in [-0.2, 0) is 13.1 Å². The van der Waals surface area contributed by atoms with Gasteiger partial charge in [-0.25, -0.2) is 0 Å². The molecule has 0 bridgehead atoms. The van der Waals surface area contributed by atoms with E-state index in [1.807, 2.05) is 54.6 Å². The van der Waals surface area contributed by atoms with E-state index in [9.17, 15) is 4.79 Å². The van der Waals surface area contributed by atoms with Crippen molar-refractivity contribution in [1.82, 2.24) is 20.1 Å². The van der Waals surface area contributed by atoms with Gasteiger partial charge in [-0.15, -0.1) is 0 Å². The number of carbonyl (C=O) groups is 1. The predicted octanol–water partition coefficient (Wildman–Crippen LogP) is 4.58. The molecule has 2 aromatic carbocycles. The fourth-order valence-electron chi connectivity index (χ4n) is 3.04. The second-order valence-corrected chi connectivity index (χ2v) is 7.06. The van der Waals surface area contributed by atoms with Crippen LogP contribution in [0.15, 0.2) is 85.3 Å². The molecule has 6 heteroatoms. The number of amides is 1. The fourth-order valence-corrected chi connectivity index (χ4v) is 3.17. The van der Waals surface area contributed by atoms with Gasteiger partial charge in [0.05, 0.1) is 12.1 Å². The van der Waals surface area contributed by atoms with Gasteiger partial charge in [0.15, 0.2) is 0 Å². The van der Waals surface area contributed by atoms with Crippen molar-refractivity contribution < 1.29 is 4.79 Å². The Kier molecular flexibility index (Phi) is 5.68. The summed E-state index contributed by atoms with van der Waals surface area (Å²) in [6, 6.07) is 21.1. The Labute approximate surface area is 174 Å². The molecule has 2 heterocycles. The molecular weight excluding hydrogens is 384 g/mol. The van der Waals surface area contributed by atoms with Gasteiger partial charge < -0.3 is 5.32 Å². The zero-order chi connectivity index (χ0) is 20.1. The summed E-state index contributed by atoms with van der Waals surface area (Å²) in [5.41, 5.74) is 4.03. The molecule has 0 aliphatic carbocycles. The van der Waals surface area contributed by atoms with Crippen LogP contribution in [-0.4, -0.2) is 20.7 Å². The van der Waals surface area contributed by atoms with Crippen LogP contribution in [0.5, 0.6) is 0 Å². The minimum atomic E-state index is -0.182. The van der Waals surface area contributed by atoms with Crippen LogP contribution in [0.25, 0.3) is 11.3 Å². The van der Waals surface area contributed by atoms with Crippen molar-refractivity contribution in [1.29, 1.82) is 0 Å². The Bertz CT molecular complexity index is 1090. The van der Waals surface area contributed by atoms with Gasteiger partial charge >= 0.3 is 0 Å². The van der Waals surface area contributed by atoms with Gasteiger partial charge in [-0.2, -0.15) is 5.10 Å². The Morgan fingerprint density at radius 3 is 2.45 bits per heavy atom. The minimum absolute atomic E-state index is 0.182. The molecule has 4 rings (SSSR count). The number of aromatic nitrogens is 3. The predicted molar refractivity (Wildman–Crippen MR) is 114 cm³/mol. The van der Waals surface area contributed by atoms with E-state index in [2.05, 4.69) is 15.4 Å². The van der Waals surface area contributed by atoms with Crippen LogP contribution < -0.4 is 5.32 Å². The van der Waals surface area contributed by atoms with E-state index >= 15 is 0 Å². The van der Waals surface area contributed by atoms with E-state index < -0.39 is 0 Å². The number of nitrogens with zero attached hydrogens (tertiary/aromatic N) is 3. The number of halogens is 1. The number of rotatable bonds is 6. The van der Waals surface area contributed by atoms with Gasteiger partial charge in [0, 0.05) is 35.7 Å². The van der Waals surface area contributed by atoms with Crippen molar-refractivity contribution in [3.63, 3.8) is 0 Å². The largest absolute Gasteiger partial charge is 0.348 e. The topological polar surface area (TPSA) is 59.8 Å². The van der Waals surface area contributed by atoms with Crippen LogP contribution in [0.2, 0.25) is 5.02 Å². The molecule has 0 atom stereocenters. The monoisotopic (exact) mass is 402 g/mol. The van der Waals surface area contributed by atoms with E-state index in [1.54, 1.807) is 35.4 Å². The standard InChI is InChI=1S/C23H19ClN4O/c24-20-10-8-19(9-11-20)22-21(23(29)26-14-18-7-4-12-25-13-18)16-28(27-22)15-17-5-2-1-3-6-17/h1-13,16H,14-15H2,(H,26,29). The molecular formula is C23H19ClN4O. The lowest BCUT2D eigenvalue weighted by molar-refractivity contribution is 0.0951. The first-order valence-corrected chi connectivity index (χ1v) is 9.61. The van der Waals surface area contributed by atoms with Crippen molar-refractivity contribution >= 4 is 17.5 Å². The molecule has 1 N–H and O–H groups in total. The molecule has 5 nitrogen and oxygen atoms in total. The molecule has 0 unspecified atom stereocenters. The van der Waals surface area contributed by atoms with Crippen LogP contribution in [0.4, 0.5) is 0 Å². The summed E-state index contributed by atoms with van der Waals surface area (Å²) in [7, 11) is 0. The van der Waals surface area contributed by atoms with Gasteiger partial charge in [-0.1, -0.05) is 60.1 Å². The molecule has 0 saturated heterocycles. The van der Waals surface area contributed by atoms with Gasteiger partial charge in [0.25, 0.3) is 5.91 Å². The average Bonchev–Trinajstić information content (AvgIpc) is 3.18. The van der Waals surface area contributed by atoms with Gasteiger partial charge in [-0.05, 0) is 29.3 Å². The van der Waals surface area contributed by atoms with Crippen LogP contribution in [0.1, 0.15) is 21.5 Å². The summed E-state index contributed by atoms with van der Waals surface area (Å²) in [6.07, 6.45) is 5.23. The molecule has 1 amide bonds. The normalized spacial score (nSPS) is 10.7. The number of carbonyl (C=O) groups excluding carboxylic acids is 1. The lowest BCUT2D eigenvalue weighted by Gasteiger charge is -2.05. The third-order valence-corrected chi connectivity index (χ3v) is 4.74. The van der Waals surface area contributed by atoms with Crippen molar-refractivity contribution in [2.75, 3.05) is 0 Å². The summed E-state index contributed by atoms with van der Waals surface area (Å²) < 4.78 is 1.79. The molecule has 0 radical (unpaired) electrons. The zero-order valence-corrected chi connectivity index (χ0v) is 16.4. The molecule has 0 fully saturated rings. The first kappa shape index (κ1) is 18.9. The Morgan fingerprint density at radius 1 is 0.966 bits per heavy atom. The maximum absolute atomic E-state index is 12.9. The summed E-state index contributed by atoms with van der Waals surface area (Å²) in [5.74, 6) is -0.182. The van der Waals surface area contributed by atoms with Crippen molar-refractivity contribution in [2.45, 2.75) is 13.1 Å². The molecule has 0 spiro atoms. The molecule has 144 valence electrons. The summed E-state index contributed by atoms with van der Waals surface area (Å²) in [6.45, 7) is 0.980. The number of hydrogen-bond acceptors (Lipinski definition) is 3. The van der Waals surface area contributed by atoms with E-state index in [0.717, 1.165) is 16.7 Å². The van der Waals surface area contributed by atoms with E-state index in [4.69, 9.17) is 11.6 Å². The van der Waals surface area contributed by atoms with Crippen molar-refractivity contribution in [3.8, 4) is 11.3 Å². The van der Waals surface area contributed by atoms with Crippen LogP contribution in [0, 0.1) is 0 Å². The molecule has 2 aromatic heterocycles. The quantitative estimate of drug-likeness (QED) is 0.513. The molecule has 0 aliphatic heterocycles. The Hall–Kier alpha value is -3.44. The van der Waals surface area contributed by atoms with E-state index in [1.165, 1.54) is 0 Å². The summed E-state index contributed by atoms with van der Waals surface area (Å²) in [5, 5.41) is 8.28. The van der Waals surface area contributed by atoms with E-state index in [-0.39, 0.29) is 5.91 Å². The van der Waals surface area contributed by atoms with Gasteiger partial charge in [0.2, 0.25) is 0 Å².